The van der Waals surface area contributed by atoms with Crippen LogP contribution in [0.1, 0.15) is 22.8 Å². The van der Waals surface area contributed by atoms with Crippen molar-refractivity contribution in [1.29, 1.82) is 0 Å². The van der Waals surface area contributed by atoms with Gasteiger partial charge in [-0.05, 0) is 49.4 Å². The molecule has 0 radical (unpaired) electrons. The average Bonchev–Trinajstić information content (AvgIpc) is 2.95. The summed E-state index contributed by atoms with van der Waals surface area (Å²) in [7, 11) is 0. The standard InChI is InChI=1S/C18H18FNO3/c1-2-22-15-6-3-12(4-7-15)18(21)20-11-16-10-13-9-14(19)5-8-17(13)23-16/h3-9,16H,2,10-11H2,1H3,(H,20,21)/t16-/m1/s1. The Hall–Kier alpha value is -2.56. The van der Waals surface area contributed by atoms with E-state index in [4.69, 9.17) is 9.47 Å². The summed E-state index contributed by atoms with van der Waals surface area (Å²) in [5, 5.41) is 2.84. The Morgan fingerprint density at radius 2 is 2.09 bits per heavy atom. The second kappa shape index (κ2) is 6.69. The zero-order valence-electron chi connectivity index (χ0n) is 12.8. The van der Waals surface area contributed by atoms with Crippen molar-refractivity contribution in [3.8, 4) is 11.5 Å². The number of rotatable bonds is 5. The van der Waals surface area contributed by atoms with E-state index >= 15 is 0 Å². The monoisotopic (exact) mass is 315 g/mol. The summed E-state index contributed by atoms with van der Waals surface area (Å²) >= 11 is 0. The van der Waals surface area contributed by atoms with E-state index in [0.29, 0.717) is 30.9 Å². The minimum atomic E-state index is -0.272. The molecule has 1 aliphatic heterocycles. The van der Waals surface area contributed by atoms with Crippen molar-refractivity contribution < 1.29 is 18.7 Å². The molecule has 1 amide bonds. The number of nitrogens with one attached hydrogen (secondary N) is 1. The van der Waals surface area contributed by atoms with Crippen molar-refractivity contribution >= 4 is 5.91 Å². The predicted octanol–water partition coefficient (Wildman–Crippen LogP) is 2.96. The second-order valence-corrected chi connectivity index (χ2v) is 5.36. The Balaban J connectivity index is 1.54. The van der Waals surface area contributed by atoms with E-state index in [0.717, 1.165) is 11.3 Å². The van der Waals surface area contributed by atoms with Gasteiger partial charge in [-0.2, -0.15) is 0 Å². The highest BCUT2D eigenvalue weighted by molar-refractivity contribution is 5.94. The normalized spacial score (nSPS) is 15.7. The van der Waals surface area contributed by atoms with Gasteiger partial charge in [0.1, 0.15) is 23.4 Å². The lowest BCUT2D eigenvalue weighted by Crippen LogP contribution is -2.34. The van der Waals surface area contributed by atoms with Gasteiger partial charge in [0.2, 0.25) is 0 Å². The summed E-state index contributed by atoms with van der Waals surface area (Å²) in [6, 6.07) is 11.5. The SMILES string of the molecule is CCOc1ccc(C(=O)NC[C@H]2Cc3cc(F)ccc3O2)cc1. The molecule has 1 aliphatic rings. The van der Waals surface area contributed by atoms with Gasteiger partial charge in [0.25, 0.3) is 5.91 Å². The van der Waals surface area contributed by atoms with Crippen LogP contribution in [-0.4, -0.2) is 25.2 Å². The first kappa shape index (κ1) is 15.3. The minimum absolute atomic E-state index is 0.168. The van der Waals surface area contributed by atoms with Crippen LogP contribution in [0.3, 0.4) is 0 Å². The van der Waals surface area contributed by atoms with Crippen molar-refractivity contribution in [3.63, 3.8) is 0 Å². The molecule has 5 heteroatoms. The van der Waals surface area contributed by atoms with Crippen LogP contribution in [0.5, 0.6) is 11.5 Å². The molecule has 2 aromatic carbocycles. The van der Waals surface area contributed by atoms with Gasteiger partial charge in [-0.15, -0.1) is 0 Å². The van der Waals surface area contributed by atoms with E-state index < -0.39 is 0 Å². The molecule has 4 nitrogen and oxygen atoms in total. The van der Waals surface area contributed by atoms with Crippen LogP contribution in [0.4, 0.5) is 4.39 Å². The van der Waals surface area contributed by atoms with E-state index in [9.17, 15) is 9.18 Å². The molecule has 120 valence electrons. The summed E-state index contributed by atoms with van der Waals surface area (Å²) in [6.07, 6.45) is 0.426. The maximum Gasteiger partial charge on any atom is 0.251 e. The van der Waals surface area contributed by atoms with Crippen molar-refractivity contribution in [2.75, 3.05) is 13.2 Å². The number of carbonyl (C=O) groups is 1. The highest BCUT2D eigenvalue weighted by atomic mass is 19.1. The number of amides is 1. The molecule has 23 heavy (non-hydrogen) atoms. The maximum absolute atomic E-state index is 13.2. The molecule has 0 bridgehead atoms. The molecule has 0 aromatic heterocycles. The molecule has 0 saturated heterocycles. The van der Waals surface area contributed by atoms with Gasteiger partial charge in [0.15, 0.2) is 0 Å². The van der Waals surface area contributed by atoms with Gasteiger partial charge < -0.3 is 14.8 Å². The van der Waals surface area contributed by atoms with E-state index in [1.54, 1.807) is 30.3 Å². The van der Waals surface area contributed by atoms with Crippen LogP contribution in [0, 0.1) is 5.82 Å². The first-order chi connectivity index (χ1) is 11.2. The van der Waals surface area contributed by atoms with Gasteiger partial charge in [-0.1, -0.05) is 0 Å². The highest BCUT2D eigenvalue weighted by Crippen LogP contribution is 2.28. The van der Waals surface area contributed by atoms with Gasteiger partial charge in [-0.3, -0.25) is 4.79 Å². The molecular weight excluding hydrogens is 297 g/mol. The zero-order valence-corrected chi connectivity index (χ0v) is 12.8. The average molecular weight is 315 g/mol. The van der Waals surface area contributed by atoms with Crippen molar-refractivity contribution in [2.24, 2.45) is 0 Å². The zero-order chi connectivity index (χ0) is 16.2. The van der Waals surface area contributed by atoms with E-state index in [1.165, 1.54) is 12.1 Å². The quantitative estimate of drug-likeness (QED) is 0.923. The Kier molecular flexibility index (Phi) is 4.46. The molecule has 0 saturated carbocycles. The Labute approximate surface area is 134 Å². The first-order valence-corrected chi connectivity index (χ1v) is 7.62. The number of carbonyl (C=O) groups excluding carboxylic acids is 1. The number of benzene rings is 2. The van der Waals surface area contributed by atoms with Gasteiger partial charge in [-0.25, -0.2) is 4.39 Å². The van der Waals surface area contributed by atoms with E-state index in [2.05, 4.69) is 5.32 Å². The van der Waals surface area contributed by atoms with Crippen LogP contribution in [0.25, 0.3) is 0 Å². The van der Waals surface area contributed by atoms with Crippen molar-refractivity contribution in [1.82, 2.24) is 5.32 Å². The summed E-state index contributed by atoms with van der Waals surface area (Å²) in [5.74, 6) is 0.984. The third kappa shape index (κ3) is 3.62. The first-order valence-electron chi connectivity index (χ1n) is 7.62. The third-order valence-corrected chi connectivity index (χ3v) is 3.68. The molecule has 1 heterocycles. The fraction of sp³-hybridized carbons (Fsp3) is 0.278. The van der Waals surface area contributed by atoms with Crippen molar-refractivity contribution in [2.45, 2.75) is 19.4 Å². The van der Waals surface area contributed by atoms with Crippen LogP contribution in [0.15, 0.2) is 42.5 Å². The maximum atomic E-state index is 13.2. The van der Waals surface area contributed by atoms with Crippen LogP contribution in [0.2, 0.25) is 0 Å². The summed E-state index contributed by atoms with van der Waals surface area (Å²) in [5.41, 5.74) is 1.40. The number of halogens is 1. The number of ether oxygens (including phenoxy) is 2. The second-order valence-electron chi connectivity index (χ2n) is 5.36. The minimum Gasteiger partial charge on any atom is -0.494 e. The third-order valence-electron chi connectivity index (χ3n) is 3.68. The smallest absolute Gasteiger partial charge is 0.251 e. The van der Waals surface area contributed by atoms with Crippen LogP contribution < -0.4 is 14.8 Å². The highest BCUT2D eigenvalue weighted by Gasteiger charge is 2.23. The van der Waals surface area contributed by atoms with E-state index in [-0.39, 0.29) is 17.8 Å². The Morgan fingerprint density at radius 1 is 1.30 bits per heavy atom. The van der Waals surface area contributed by atoms with Gasteiger partial charge in [0, 0.05) is 17.5 Å². The fourth-order valence-corrected chi connectivity index (χ4v) is 2.58. The molecule has 0 spiro atoms. The lowest BCUT2D eigenvalue weighted by atomic mass is 10.1. The predicted molar refractivity (Wildman–Crippen MR) is 84.5 cm³/mol. The van der Waals surface area contributed by atoms with Gasteiger partial charge >= 0.3 is 0 Å². The largest absolute Gasteiger partial charge is 0.494 e. The number of fused-ring (bicyclic) bond motifs is 1. The molecule has 1 N–H and O–H groups in total. The Morgan fingerprint density at radius 3 is 2.83 bits per heavy atom. The Bertz CT molecular complexity index is 700. The lowest BCUT2D eigenvalue weighted by Gasteiger charge is -2.12. The molecular formula is C18H18FNO3. The molecule has 2 aromatic rings. The topological polar surface area (TPSA) is 47.6 Å². The molecule has 1 atom stereocenters. The fourth-order valence-electron chi connectivity index (χ4n) is 2.58. The summed E-state index contributed by atoms with van der Waals surface area (Å²) in [4.78, 5) is 12.1. The number of hydrogen-bond acceptors (Lipinski definition) is 3. The molecule has 0 fully saturated rings. The summed E-state index contributed by atoms with van der Waals surface area (Å²) in [6.45, 7) is 2.88. The molecule has 0 unspecified atom stereocenters. The van der Waals surface area contributed by atoms with Gasteiger partial charge in [0.05, 0.1) is 13.2 Å². The summed E-state index contributed by atoms with van der Waals surface area (Å²) < 4.78 is 24.2. The van der Waals surface area contributed by atoms with Crippen molar-refractivity contribution in [3.05, 3.63) is 59.4 Å². The van der Waals surface area contributed by atoms with Crippen LogP contribution in [-0.2, 0) is 6.42 Å². The van der Waals surface area contributed by atoms with Crippen LogP contribution >= 0.6 is 0 Å². The molecule has 3 rings (SSSR count). The van der Waals surface area contributed by atoms with E-state index in [1.807, 2.05) is 6.92 Å². The lowest BCUT2D eigenvalue weighted by molar-refractivity contribution is 0.0933. The molecule has 0 aliphatic carbocycles. The number of hydrogen-bond donors (Lipinski definition) is 1.